The Hall–Kier alpha value is 1.24. The molecule has 17 heavy (non-hydrogen) atoms. The molecule has 0 saturated heterocycles. The van der Waals surface area contributed by atoms with Crippen molar-refractivity contribution in [1.29, 1.82) is 0 Å². The first-order chi connectivity index (χ1) is 6.34. The first kappa shape index (κ1) is 20.6. The Morgan fingerprint density at radius 2 is 1.71 bits per heavy atom. The number of halogens is 3. The molecule has 0 nitrogen and oxygen atoms in total. The summed E-state index contributed by atoms with van der Waals surface area (Å²) in [5, 5.41) is 3.42. The van der Waals surface area contributed by atoms with E-state index in [-0.39, 0.29) is 77.2 Å². The Bertz CT molecular complexity index is 525. The van der Waals surface area contributed by atoms with Crippen LogP contribution in [0.1, 0.15) is 12.5 Å². The summed E-state index contributed by atoms with van der Waals surface area (Å²) in [7, 11) is 0. The second kappa shape index (κ2) is 8.42. The molecule has 1 atom stereocenters. The molecule has 93 valence electrons. The van der Waals surface area contributed by atoms with Gasteiger partial charge < -0.3 is 37.2 Å². The molecular weight excluding hydrogens is 440 g/mol. The summed E-state index contributed by atoms with van der Waals surface area (Å²) in [5.74, 6) is 0. The second-order valence-electron chi connectivity index (χ2n) is 3.50. The van der Waals surface area contributed by atoms with Crippen LogP contribution in [0.3, 0.4) is 0 Å². The molecule has 5 heteroatoms. The van der Waals surface area contributed by atoms with Gasteiger partial charge in [-0.15, -0.1) is 11.8 Å². The molecule has 0 aromatic heterocycles. The van der Waals surface area contributed by atoms with Crippen molar-refractivity contribution in [2.75, 3.05) is 0 Å². The van der Waals surface area contributed by atoms with E-state index in [1.807, 2.05) is 11.8 Å². The van der Waals surface area contributed by atoms with Crippen LogP contribution in [0.15, 0.2) is 23.1 Å². The maximum Gasteiger partial charge on any atom is 3.00 e. The third-order valence-electron chi connectivity index (χ3n) is 2.52. The van der Waals surface area contributed by atoms with Crippen LogP contribution in [-0.2, 0) is 0 Å². The fourth-order valence-electron chi connectivity index (χ4n) is 1.93. The second-order valence-corrected chi connectivity index (χ2v) is 4.89. The van der Waals surface area contributed by atoms with Crippen LogP contribution in [0.25, 0.3) is 18.2 Å². The number of thioether (sulfide) groups is 1. The zero-order valence-corrected chi connectivity index (χ0v) is 14.3. The van der Waals surface area contributed by atoms with Crippen LogP contribution < -0.4 is 47.7 Å². The van der Waals surface area contributed by atoms with Gasteiger partial charge in [0.15, 0.2) is 0 Å². The fraction of sp³-hybridized carbons (Fsp3) is 0.167. The first-order valence-electron chi connectivity index (χ1n) is 4.54. The van der Waals surface area contributed by atoms with E-state index >= 15 is 0 Å². The first-order valence-corrected chi connectivity index (χ1v) is 5.42. The number of allylic oxidation sites excluding steroid dienone is 1. The van der Waals surface area contributed by atoms with Gasteiger partial charge in [-0.3, -0.25) is 0 Å². The summed E-state index contributed by atoms with van der Waals surface area (Å²) in [6.45, 7) is 2.25. The van der Waals surface area contributed by atoms with E-state index in [4.69, 9.17) is 0 Å². The maximum absolute atomic E-state index is 2.34. The quantitative estimate of drug-likeness (QED) is 0.379. The third-order valence-corrected chi connectivity index (χ3v) is 3.72. The zero-order valence-electron chi connectivity index (χ0n) is 8.94. The predicted octanol–water partition coefficient (Wildman–Crippen LogP) is -7.22. The van der Waals surface area contributed by atoms with Gasteiger partial charge in [0.05, 0.1) is 0 Å². The van der Waals surface area contributed by atoms with E-state index in [1.165, 1.54) is 20.9 Å². The summed E-state index contributed by atoms with van der Waals surface area (Å²) in [4.78, 5) is 1.47. The molecule has 1 aromatic rings. The van der Waals surface area contributed by atoms with Crippen molar-refractivity contribution in [3.8, 4) is 0 Å². The Morgan fingerprint density at radius 1 is 1.06 bits per heavy atom. The van der Waals surface area contributed by atoms with Gasteiger partial charge in [0.25, 0.3) is 0 Å². The van der Waals surface area contributed by atoms with Crippen molar-refractivity contribution in [3.63, 3.8) is 0 Å². The minimum absolute atomic E-state index is 0. The van der Waals surface area contributed by atoms with E-state index in [2.05, 4.69) is 43.4 Å². The number of benzene rings is 1. The summed E-state index contributed by atoms with van der Waals surface area (Å²) < 4.78 is 0. The van der Waals surface area contributed by atoms with Crippen molar-refractivity contribution in [2.24, 2.45) is 0 Å². The molecule has 0 fully saturated rings. The smallest absolute Gasteiger partial charge is 1.00 e. The van der Waals surface area contributed by atoms with Gasteiger partial charge in [-0.25, -0.2) is 0 Å². The maximum atomic E-state index is 2.34. The molecule has 0 saturated carbocycles. The van der Waals surface area contributed by atoms with Gasteiger partial charge in [0.2, 0.25) is 0 Å². The van der Waals surface area contributed by atoms with Crippen molar-refractivity contribution in [3.05, 3.63) is 34.2 Å². The summed E-state index contributed by atoms with van der Waals surface area (Å²) >= 11 is 1.97. The van der Waals surface area contributed by atoms with Crippen LogP contribution >= 0.6 is 11.8 Å². The molecule has 1 radical (unpaired) electrons. The van der Waals surface area contributed by atoms with Gasteiger partial charge in [0.1, 0.15) is 0 Å². The van der Waals surface area contributed by atoms with Crippen molar-refractivity contribution in [1.82, 2.24) is 0 Å². The Kier molecular flexibility index (Phi) is 10.2. The van der Waals surface area contributed by atoms with E-state index in [0.29, 0.717) is 5.25 Å². The van der Waals surface area contributed by atoms with Crippen LogP contribution in [0.5, 0.6) is 0 Å². The average molecular weight is 450 g/mol. The van der Waals surface area contributed by atoms with Crippen molar-refractivity contribution >= 4 is 30.0 Å². The minimum Gasteiger partial charge on any atom is -1.00 e. The fourth-order valence-corrected chi connectivity index (χ4v) is 3.10. The molecule has 2 aliphatic rings. The normalized spacial score (nSPS) is 16.9. The summed E-state index contributed by atoms with van der Waals surface area (Å²) in [6, 6.07) is 4.44. The van der Waals surface area contributed by atoms with Crippen molar-refractivity contribution < 1.29 is 77.2 Å². The monoisotopic (exact) mass is 449 g/mol. The zero-order chi connectivity index (χ0) is 8.84. The molecule has 1 heterocycles. The van der Waals surface area contributed by atoms with Crippen molar-refractivity contribution in [2.45, 2.75) is 17.1 Å². The standard InChI is InChI=1S/C12H10S.3ClH.Gd/c1-8-7-10-6-5-9-3-2-4-11(9)12(10)13-8;;;;/h2-8H,1H3;3*1H;/q;;;;+3/p-3. The molecule has 0 amide bonds. The van der Waals surface area contributed by atoms with Gasteiger partial charge in [-0.2, -0.15) is 0 Å². The molecule has 1 aliphatic heterocycles. The van der Waals surface area contributed by atoms with Gasteiger partial charge in [-0.05, 0) is 22.9 Å². The number of hydrogen-bond acceptors (Lipinski definition) is 1. The molecule has 1 aliphatic carbocycles. The Balaban J connectivity index is 0. The SMILES string of the molecule is CC1C=c2ccc3c(c2S1)C=CC=3.[Cl-].[Cl-].[Cl-].[Gd+3]. The van der Waals surface area contributed by atoms with Gasteiger partial charge in [-0.1, -0.05) is 36.4 Å². The van der Waals surface area contributed by atoms with Gasteiger partial charge in [0, 0.05) is 10.1 Å². The Morgan fingerprint density at radius 3 is 2.41 bits per heavy atom. The topological polar surface area (TPSA) is 0 Å². The van der Waals surface area contributed by atoms with Crippen LogP contribution in [0.4, 0.5) is 0 Å². The van der Waals surface area contributed by atoms with E-state index in [9.17, 15) is 0 Å². The van der Waals surface area contributed by atoms with Crippen LogP contribution in [-0.4, -0.2) is 5.25 Å². The van der Waals surface area contributed by atoms with Gasteiger partial charge >= 0.3 is 39.9 Å². The molecule has 0 N–H and O–H groups in total. The molecule has 0 spiro atoms. The summed E-state index contributed by atoms with van der Waals surface area (Å²) in [6.07, 6.45) is 8.87. The Labute approximate surface area is 156 Å². The number of fused-ring (bicyclic) bond motifs is 3. The molecule has 1 aromatic carbocycles. The molecule has 1 unspecified atom stereocenters. The van der Waals surface area contributed by atoms with Crippen LogP contribution in [0, 0.1) is 39.9 Å². The predicted molar refractivity (Wildman–Crippen MR) is 59.0 cm³/mol. The van der Waals surface area contributed by atoms with Crippen LogP contribution in [0.2, 0.25) is 0 Å². The minimum atomic E-state index is 0. The largest absolute Gasteiger partial charge is 3.00 e. The molecular formula is C12H10Cl3GdS. The van der Waals surface area contributed by atoms with E-state index in [0.717, 1.165) is 0 Å². The average Bonchev–Trinajstić information content (AvgIpc) is 2.65. The summed E-state index contributed by atoms with van der Waals surface area (Å²) in [5.41, 5.74) is 1.42. The third kappa shape index (κ3) is 3.85. The molecule has 0 bridgehead atoms. The van der Waals surface area contributed by atoms with E-state index in [1.54, 1.807) is 0 Å². The molecule has 3 rings (SSSR count). The number of hydrogen-bond donors (Lipinski definition) is 0. The number of rotatable bonds is 0. The van der Waals surface area contributed by atoms with E-state index < -0.39 is 0 Å².